The van der Waals surface area contributed by atoms with Gasteiger partial charge in [-0.1, -0.05) is 37.7 Å². The third-order valence-corrected chi connectivity index (χ3v) is 7.16. The van der Waals surface area contributed by atoms with Crippen LogP contribution in [-0.2, 0) is 16.1 Å². The Morgan fingerprint density at radius 2 is 2.09 bits per heavy atom. The minimum Gasteiger partial charge on any atom is -0.468 e. The number of ether oxygens (including phenoxy) is 1. The third kappa shape index (κ3) is 5.71. The van der Waals surface area contributed by atoms with Crippen molar-refractivity contribution in [2.75, 3.05) is 32.0 Å². The minimum absolute atomic E-state index is 0.00281. The van der Waals surface area contributed by atoms with Gasteiger partial charge >= 0.3 is 0 Å². The largest absolute Gasteiger partial charge is 0.468 e. The topological polar surface area (TPSA) is 89.6 Å². The molecule has 1 fully saturated rings. The van der Waals surface area contributed by atoms with Crippen molar-refractivity contribution in [3.05, 3.63) is 58.8 Å². The van der Waals surface area contributed by atoms with Gasteiger partial charge in [0.05, 0.1) is 41.6 Å². The number of para-hydroxylation sites is 1. The Labute approximate surface area is 203 Å². The van der Waals surface area contributed by atoms with Gasteiger partial charge in [0.15, 0.2) is 5.16 Å². The average molecular weight is 485 g/mol. The summed E-state index contributed by atoms with van der Waals surface area (Å²) < 4.78 is 13.0. The highest BCUT2D eigenvalue weighted by atomic mass is 32.2. The lowest BCUT2D eigenvalue weighted by atomic mass is 10.2. The summed E-state index contributed by atoms with van der Waals surface area (Å²) in [6.45, 7) is 7.50. The molecule has 2 unspecified atom stereocenters. The highest BCUT2D eigenvalue weighted by Crippen LogP contribution is 2.22. The summed E-state index contributed by atoms with van der Waals surface area (Å²) in [5, 5.41) is 4.15. The Hall–Kier alpha value is -2.62. The maximum atomic E-state index is 13.2. The Balaban J connectivity index is 1.46. The maximum absolute atomic E-state index is 13.2. The molecular formula is C25H32N4O4S. The number of thioether (sulfide) groups is 1. The Bertz CT molecular complexity index is 1140. The van der Waals surface area contributed by atoms with Gasteiger partial charge in [0, 0.05) is 13.2 Å². The van der Waals surface area contributed by atoms with Gasteiger partial charge < -0.3 is 14.5 Å². The number of amides is 1. The molecule has 2 aromatic heterocycles. The fourth-order valence-electron chi connectivity index (χ4n) is 4.36. The van der Waals surface area contributed by atoms with Gasteiger partial charge in [0.25, 0.3) is 5.56 Å². The first-order chi connectivity index (χ1) is 16.6. The van der Waals surface area contributed by atoms with E-state index >= 15 is 0 Å². The quantitative estimate of drug-likeness (QED) is 0.329. The van der Waals surface area contributed by atoms with Crippen molar-refractivity contribution in [3.8, 4) is 0 Å². The summed E-state index contributed by atoms with van der Waals surface area (Å²) in [4.78, 5) is 32.9. The minimum atomic E-state index is -0.111. The average Bonchev–Trinajstić information content (AvgIpc) is 3.57. The number of nitrogens with one attached hydrogen (secondary N) is 1. The Morgan fingerprint density at radius 1 is 1.26 bits per heavy atom. The van der Waals surface area contributed by atoms with Crippen LogP contribution in [0, 0.1) is 0 Å². The van der Waals surface area contributed by atoms with E-state index < -0.39 is 0 Å². The van der Waals surface area contributed by atoms with Gasteiger partial charge in [-0.05, 0) is 50.2 Å². The first kappa shape index (κ1) is 24.5. The molecule has 2 atom stereocenters. The van der Waals surface area contributed by atoms with Gasteiger partial charge in [-0.15, -0.1) is 0 Å². The molecule has 1 aliphatic heterocycles. The predicted octanol–water partition coefficient (Wildman–Crippen LogP) is 3.46. The number of hydrogen-bond acceptors (Lipinski definition) is 7. The van der Waals surface area contributed by atoms with Crippen molar-refractivity contribution < 1.29 is 13.9 Å². The third-order valence-electron chi connectivity index (χ3n) is 6.19. The molecule has 0 spiro atoms. The van der Waals surface area contributed by atoms with Crippen LogP contribution >= 0.6 is 11.8 Å². The van der Waals surface area contributed by atoms with Crippen LogP contribution < -0.4 is 10.9 Å². The second-order valence-electron chi connectivity index (χ2n) is 8.31. The molecule has 3 heterocycles. The normalized spacial score (nSPS) is 16.9. The monoisotopic (exact) mass is 484 g/mol. The molecule has 9 heteroatoms. The molecule has 1 N–H and O–H groups in total. The number of furan rings is 1. The maximum Gasteiger partial charge on any atom is 0.262 e. The van der Waals surface area contributed by atoms with Crippen molar-refractivity contribution in [2.45, 2.75) is 50.5 Å². The number of aromatic nitrogens is 2. The lowest BCUT2D eigenvalue weighted by molar-refractivity contribution is -0.118. The summed E-state index contributed by atoms with van der Waals surface area (Å²) in [6.07, 6.45) is 3.57. The first-order valence-electron chi connectivity index (χ1n) is 11.9. The zero-order valence-corrected chi connectivity index (χ0v) is 20.6. The summed E-state index contributed by atoms with van der Waals surface area (Å²) >= 11 is 1.28. The van der Waals surface area contributed by atoms with Crippen LogP contribution in [0.5, 0.6) is 0 Å². The van der Waals surface area contributed by atoms with E-state index in [1.807, 2.05) is 30.3 Å². The highest BCUT2D eigenvalue weighted by molar-refractivity contribution is 7.99. The highest BCUT2D eigenvalue weighted by Gasteiger charge is 2.23. The summed E-state index contributed by atoms with van der Waals surface area (Å²) in [5.74, 6) is 0.887. The smallest absolute Gasteiger partial charge is 0.262 e. The fraction of sp³-hybridized carbons (Fsp3) is 0.480. The molecule has 1 amide bonds. The van der Waals surface area contributed by atoms with Crippen LogP contribution in [0.3, 0.4) is 0 Å². The van der Waals surface area contributed by atoms with Crippen molar-refractivity contribution in [2.24, 2.45) is 0 Å². The van der Waals surface area contributed by atoms with E-state index in [0.717, 1.165) is 31.7 Å². The lowest BCUT2D eigenvalue weighted by Crippen LogP contribution is -2.38. The number of nitrogens with zero attached hydrogens (tertiary/aromatic N) is 3. The number of rotatable bonds is 11. The second kappa shape index (κ2) is 11.7. The van der Waals surface area contributed by atoms with E-state index in [4.69, 9.17) is 14.1 Å². The number of hydrogen-bond donors (Lipinski definition) is 1. The number of benzene rings is 1. The van der Waals surface area contributed by atoms with E-state index in [-0.39, 0.29) is 29.4 Å². The molecule has 4 rings (SSSR count). The SMILES string of the molecule is CCN(CC)C(CNC(=O)CSc1nc2ccccc2c(=O)n1CC1CCCO1)c1ccco1. The van der Waals surface area contributed by atoms with Crippen LogP contribution in [0.25, 0.3) is 10.9 Å². The molecular weight excluding hydrogens is 452 g/mol. The van der Waals surface area contributed by atoms with Crippen LogP contribution in [0.4, 0.5) is 0 Å². The van der Waals surface area contributed by atoms with E-state index in [2.05, 4.69) is 24.1 Å². The standard InChI is InChI=1S/C25H32N4O4S/c1-3-28(4-2)21(22-12-8-14-33-22)15-26-23(30)17-34-25-27-20-11-6-5-10-19(20)24(31)29(25)16-18-9-7-13-32-18/h5-6,8,10-12,14,18,21H,3-4,7,9,13,15-17H2,1-2H3,(H,26,30). The van der Waals surface area contributed by atoms with Crippen molar-refractivity contribution in [3.63, 3.8) is 0 Å². The van der Waals surface area contributed by atoms with Gasteiger partial charge in [0.2, 0.25) is 5.91 Å². The Kier molecular flexibility index (Phi) is 8.42. The van der Waals surface area contributed by atoms with Crippen molar-refractivity contribution >= 4 is 28.6 Å². The second-order valence-corrected chi connectivity index (χ2v) is 9.25. The van der Waals surface area contributed by atoms with Gasteiger partial charge in [-0.25, -0.2) is 4.98 Å². The summed E-state index contributed by atoms with van der Waals surface area (Å²) in [7, 11) is 0. The van der Waals surface area contributed by atoms with Crippen molar-refractivity contribution in [1.82, 2.24) is 19.8 Å². The molecule has 0 radical (unpaired) electrons. The predicted molar refractivity (Wildman–Crippen MR) is 133 cm³/mol. The first-order valence-corrected chi connectivity index (χ1v) is 12.9. The molecule has 1 saturated heterocycles. The molecule has 0 saturated carbocycles. The molecule has 1 aromatic carbocycles. The molecule has 3 aromatic rings. The van der Waals surface area contributed by atoms with Crippen LogP contribution in [0.2, 0.25) is 0 Å². The number of fused-ring (bicyclic) bond motifs is 1. The van der Waals surface area contributed by atoms with E-state index in [9.17, 15) is 9.59 Å². The number of carbonyl (C=O) groups excluding carboxylic acids is 1. The molecule has 34 heavy (non-hydrogen) atoms. The lowest BCUT2D eigenvalue weighted by Gasteiger charge is -2.28. The molecule has 182 valence electrons. The number of likely N-dealkylation sites (N-methyl/N-ethyl adjacent to an activating group) is 1. The van der Waals surface area contributed by atoms with Gasteiger partial charge in [0.1, 0.15) is 5.76 Å². The zero-order chi connectivity index (χ0) is 23.9. The van der Waals surface area contributed by atoms with Crippen LogP contribution in [0.15, 0.2) is 57.0 Å². The number of carbonyl (C=O) groups is 1. The van der Waals surface area contributed by atoms with Gasteiger partial charge in [-0.2, -0.15) is 0 Å². The van der Waals surface area contributed by atoms with E-state index in [1.54, 1.807) is 16.9 Å². The molecule has 8 nitrogen and oxygen atoms in total. The van der Waals surface area contributed by atoms with Crippen LogP contribution in [-0.4, -0.2) is 58.5 Å². The van der Waals surface area contributed by atoms with Crippen molar-refractivity contribution in [1.29, 1.82) is 0 Å². The molecule has 0 aliphatic carbocycles. The fourth-order valence-corrected chi connectivity index (χ4v) is 5.20. The van der Waals surface area contributed by atoms with Gasteiger partial charge in [-0.3, -0.25) is 19.1 Å². The zero-order valence-electron chi connectivity index (χ0n) is 19.7. The summed E-state index contributed by atoms with van der Waals surface area (Å²) in [5.41, 5.74) is 0.543. The van der Waals surface area contributed by atoms with E-state index in [0.29, 0.717) is 35.8 Å². The Morgan fingerprint density at radius 3 is 2.79 bits per heavy atom. The van der Waals surface area contributed by atoms with Crippen LogP contribution in [0.1, 0.15) is 38.5 Å². The van der Waals surface area contributed by atoms with E-state index in [1.165, 1.54) is 11.8 Å². The summed E-state index contributed by atoms with van der Waals surface area (Å²) in [6, 6.07) is 11.1. The molecule has 1 aliphatic rings. The molecule has 0 bridgehead atoms.